The number of hydrogen-bond donors (Lipinski definition) is 2. The van der Waals surface area contributed by atoms with Crippen LogP contribution in [0.15, 0.2) is 36.1 Å². The number of nitrogens with zero attached hydrogens (tertiary/aromatic N) is 2. The summed E-state index contributed by atoms with van der Waals surface area (Å²) in [5.41, 5.74) is 0.150. The topological polar surface area (TPSA) is 72.8 Å². The van der Waals surface area contributed by atoms with E-state index in [9.17, 15) is 9.18 Å². The third-order valence-electron chi connectivity index (χ3n) is 3.62. The zero-order chi connectivity index (χ0) is 20.2. The van der Waals surface area contributed by atoms with Gasteiger partial charge in [-0.15, -0.1) is 12.6 Å². The molecule has 0 saturated heterocycles. The third kappa shape index (κ3) is 5.19. The number of carbonyl (C=O) groups excluding carboxylic acids is 1. The van der Waals surface area contributed by atoms with Crippen molar-refractivity contribution in [3.63, 3.8) is 0 Å². The van der Waals surface area contributed by atoms with Gasteiger partial charge in [-0.2, -0.15) is 0 Å². The van der Waals surface area contributed by atoms with Crippen molar-refractivity contribution in [1.29, 1.82) is 0 Å². The van der Waals surface area contributed by atoms with Crippen LogP contribution < -0.4 is 10.1 Å². The minimum absolute atomic E-state index is 0.152. The molecule has 6 nitrogen and oxygen atoms in total. The molecule has 1 atom stereocenters. The molecular weight excluding hydrogens is 369 g/mol. The zero-order valence-electron chi connectivity index (χ0n) is 15.6. The van der Waals surface area contributed by atoms with E-state index in [1.807, 2.05) is 0 Å². The Labute approximate surface area is 162 Å². The lowest BCUT2D eigenvalue weighted by Gasteiger charge is -2.29. The minimum atomic E-state index is -1.55. The van der Waals surface area contributed by atoms with Crippen LogP contribution in [0, 0.1) is 5.82 Å². The monoisotopic (exact) mass is 391 g/mol. The van der Waals surface area contributed by atoms with Crippen LogP contribution in [-0.2, 0) is 9.63 Å². The van der Waals surface area contributed by atoms with Crippen LogP contribution in [0.2, 0.25) is 0 Å². The van der Waals surface area contributed by atoms with Gasteiger partial charge in [-0.25, -0.2) is 4.39 Å². The quantitative estimate of drug-likeness (QED) is 0.328. The van der Waals surface area contributed by atoms with Gasteiger partial charge in [-0.3, -0.25) is 9.78 Å². The third-order valence-corrected chi connectivity index (χ3v) is 3.92. The summed E-state index contributed by atoms with van der Waals surface area (Å²) in [6.07, 6.45) is 4.57. The number of nitrogens with one attached hydrogen (secondary N) is 1. The summed E-state index contributed by atoms with van der Waals surface area (Å²) < 4.78 is 20.0. The Morgan fingerprint density at radius 2 is 2.07 bits per heavy atom. The average Bonchev–Trinajstić information content (AvgIpc) is 2.58. The fourth-order valence-corrected chi connectivity index (χ4v) is 2.43. The van der Waals surface area contributed by atoms with Crippen molar-refractivity contribution in [2.45, 2.75) is 31.2 Å². The van der Waals surface area contributed by atoms with E-state index in [-0.39, 0.29) is 11.3 Å². The first kappa shape index (κ1) is 20.7. The van der Waals surface area contributed by atoms with Crippen molar-refractivity contribution in [1.82, 2.24) is 10.3 Å². The highest BCUT2D eigenvalue weighted by molar-refractivity contribution is 7.82. The van der Waals surface area contributed by atoms with Gasteiger partial charge >= 0.3 is 0 Å². The number of rotatable bonds is 7. The van der Waals surface area contributed by atoms with E-state index in [0.29, 0.717) is 5.39 Å². The van der Waals surface area contributed by atoms with Gasteiger partial charge in [0.2, 0.25) is 4.93 Å². The molecule has 1 N–H and O–H groups in total. The van der Waals surface area contributed by atoms with Crippen LogP contribution in [0.1, 0.15) is 26.3 Å². The van der Waals surface area contributed by atoms with Crippen molar-refractivity contribution in [3.05, 3.63) is 42.4 Å². The maximum absolute atomic E-state index is 14.3. The lowest BCUT2D eigenvalue weighted by Crippen LogP contribution is -2.53. The second-order valence-corrected chi connectivity index (χ2v) is 7.48. The van der Waals surface area contributed by atoms with Gasteiger partial charge in [0, 0.05) is 17.6 Å². The van der Waals surface area contributed by atoms with Crippen molar-refractivity contribution in [2.24, 2.45) is 5.16 Å². The Bertz CT molecular complexity index is 897. The highest BCUT2D eigenvalue weighted by atomic mass is 32.1. The first-order valence-corrected chi connectivity index (χ1v) is 8.56. The summed E-state index contributed by atoms with van der Waals surface area (Å²) >= 11 is 4.30. The van der Waals surface area contributed by atoms with E-state index < -0.39 is 22.2 Å². The fraction of sp³-hybridized carbons (Fsp3) is 0.316. The van der Waals surface area contributed by atoms with Gasteiger partial charge in [0.1, 0.15) is 18.4 Å². The van der Waals surface area contributed by atoms with E-state index in [2.05, 4.69) is 39.5 Å². The Kier molecular flexibility index (Phi) is 6.10. The summed E-state index contributed by atoms with van der Waals surface area (Å²) in [7, 11) is 1.40. The van der Waals surface area contributed by atoms with Crippen LogP contribution in [-0.4, -0.2) is 34.7 Å². The van der Waals surface area contributed by atoms with Gasteiger partial charge in [0.25, 0.3) is 5.91 Å². The predicted molar refractivity (Wildman–Crippen MR) is 108 cm³/mol. The number of halogens is 1. The van der Waals surface area contributed by atoms with E-state index in [1.54, 1.807) is 32.1 Å². The van der Waals surface area contributed by atoms with Gasteiger partial charge in [0.15, 0.2) is 5.82 Å². The maximum atomic E-state index is 14.3. The molecule has 2 rings (SSSR count). The molecule has 0 aliphatic heterocycles. The number of hydrogen-bond acceptors (Lipinski definition) is 6. The van der Waals surface area contributed by atoms with E-state index >= 15 is 0 Å². The molecule has 8 heteroatoms. The van der Waals surface area contributed by atoms with Gasteiger partial charge in [0.05, 0.1) is 11.8 Å². The summed E-state index contributed by atoms with van der Waals surface area (Å²) in [5, 5.41) is 6.91. The molecule has 27 heavy (non-hydrogen) atoms. The molecule has 1 amide bonds. The number of oxime groups is 1. The summed E-state index contributed by atoms with van der Waals surface area (Å²) in [6.45, 7) is 8.60. The Morgan fingerprint density at radius 1 is 1.37 bits per heavy atom. The maximum Gasteiger partial charge on any atom is 0.275 e. The van der Waals surface area contributed by atoms with Crippen molar-refractivity contribution >= 4 is 41.7 Å². The number of ether oxygens (including phenoxy) is 1. The van der Waals surface area contributed by atoms with Crippen LogP contribution in [0.5, 0.6) is 5.75 Å². The van der Waals surface area contributed by atoms with Crippen molar-refractivity contribution in [3.8, 4) is 5.75 Å². The average molecular weight is 391 g/mol. The Morgan fingerprint density at radius 3 is 2.70 bits per heavy atom. The van der Waals surface area contributed by atoms with E-state index in [1.165, 1.54) is 32.5 Å². The molecule has 0 saturated carbocycles. The van der Waals surface area contributed by atoms with Crippen molar-refractivity contribution < 1.29 is 18.8 Å². The zero-order valence-corrected chi connectivity index (χ0v) is 16.5. The SMILES string of the molecule is C=Cc1cnc2c(F)cc(OC(C)(S)C(=O)NC(C)(C)C=NOC)cc2c1. The van der Waals surface area contributed by atoms with Crippen LogP contribution in [0.3, 0.4) is 0 Å². The highest BCUT2D eigenvalue weighted by Gasteiger charge is 2.35. The fourth-order valence-electron chi connectivity index (χ4n) is 2.27. The van der Waals surface area contributed by atoms with Gasteiger partial charge < -0.3 is 14.9 Å². The van der Waals surface area contributed by atoms with E-state index in [4.69, 9.17) is 4.74 Å². The number of amides is 1. The predicted octanol–water partition coefficient (Wildman–Crippen LogP) is 3.57. The molecule has 0 fully saturated rings. The number of aromatic nitrogens is 1. The normalized spacial score (nSPS) is 14.0. The van der Waals surface area contributed by atoms with Gasteiger partial charge in [-0.05, 0) is 38.5 Å². The lowest BCUT2D eigenvalue weighted by molar-refractivity contribution is -0.130. The first-order chi connectivity index (χ1) is 12.6. The van der Waals surface area contributed by atoms with Crippen molar-refractivity contribution in [2.75, 3.05) is 7.11 Å². The molecule has 1 aromatic carbocycles. The molecule has 0 bridgehead atoms. The second-order valence-electron chi connectivity index (χ2n) is 6.63. The first-order valence-electron chi connectivity index (χ1n) is 8.11. The molecule has 0 radical (unpaired) electrons. The van der Waals surface area contributed by atoms with Crippen LogP contribution in [0.4, 0.5) is 4.39 Å². The molecular formula is C19H22FN3O3S. The summed E-state index contributed by atoms with van der Waals surface area (Å²) in [5.74, 6) is -0.925. The standard InChI is InChI=1S/C19H22FN3O3S/c1-6-12-7-13-8-14(9-15(20)16(13)21-10-12)26-19(4,27)17(24)23-18(2,3)11-22-25-5/h6-11,27H,1H2,2-5H3,(H,23,24). The Hall–Kier alpha value is -2.61. The summed E-state index contributed by atoms with van der Waals surface area (Å²) in [6, 6.07) is 4.49. The number of benzene rings is 1. The second kappa shape index (κ2) is 7.96. The van der Waals surface area contributed by atoms with Crippen LogP contribution >= 0.6 is 12.6 Å². The largest absolute Gasteiger partial charge is 0.467 e. The lowest BCUT2D eigenvalue weighted by atomic mass is 10.1. The highest BCUT2D eigenvalue weighted by Crippen LogP contribution is 2.28. The number of pyridine rings is 1. The number of thiol groups is 1. The molecule has 1 unspecified atom stereocenters. The molecule has 0 aliphatic carbocycles. The molecule has 2 aromatic rings. The molecule has 144 valence electrons. The van der Waals surface area contributed by atoms with Crippen LogP contribution in [0.25, 0.3) is 17.0 Å². The summed E-state index contributed by atoms with van der Waals surface area (Å²) in [4.78, 5) is 19.7. The molecule has 0 spiro atoms. The molecule has 1 aromatic heterocycles. The Balaban J connectivity index is 2.27. The smallest absolute Gasteiger partial charge is 0.275 e. The minimum Gasteiger partial charge on any atom is -0.467 e. The molecule has 0 aliphatic rings. The van der Waals surface area contributed by atoms with E-state index in [0.717, 1.165) is 5.56 Å². The molecule has 1 heterocycles. The number of fused-ring (bicyclic) bond motifs is 1. The number of carbonyl (C=O) groups is 1. The van der Waals surface area contributed by atoms with Gasteiger partial charge in [-0.1, -0.05) is 17.8 Å².